The average Bonchev–Trinajstić information content (AvgIpc) is 2.34. The second-order valence-electron chi connectivity index (χ2n) is 3.75. The molecule has 2 rings (SSSR count). The molecular weight excluding hydrogens is 254 g/mol. The molecule has 2 aromatic carbocycles. The molecule has 0 fully saturated rings. The summed E-state index contributed by atoms with van der Waals surface area (Å²) in [6.45, 7) is 1.39. The van der Waals surface area contributed by atoms with Gasteiger partial charge in [0.2, 0.25) is 0 Å². The number of benzene rings is 2. The molecule has 0 bridgehead atoms. The molecule has 92 valence electrons. The van der Waals surface area contributed by atoms with E-state index in [9.17, 15) is 13.6 Å². The van der Waals surface area contributed by atoms with Crippen LogP contribution in [-0.2, 0) is 0 Å². The molecule has 18 heavy (non-hydrogen) atoms. The van der Waals surface area contributed by atoms with Crippen LogP contribution in [0, 0.1) is 11.6 Å². The number of ketones is 1. The van der Waals surface area contributed by atoms with E-state index >= 15 is 0 Å². The number of carbonyl (C=O) groups is 1. The Bertz CT molecular complexity index is 579. The molecule has 0 atom stereocenters. The van der Waals surface area contributed by atoms with Gasteiger partial charge in [-0.05, 0) is 49.4 Å². The lowest BCUT2D eigenvalue weighted by Gasteiger charge is -2.06. The van der Waals surface area contributed by atoms with Crippen LogP contribution in [0.3, 0.4) is 0 Å². The van der Waals surface area contributed by atoms with Crippen LogP contribution < -0.4 is 0 Å². The minimum Gasteiger partial charge on any atom is -0.294 e. The Labute approximate surface area is 108 Å². The second kappa shape index (κ2) is 5.31. The number of hydrogen-bond acceptors (Lipinski definition) is 2. The van der Waals surface area contributed by atoms with Crippen LogP contribution in [0.1, 0.15) is 17.3 Å². The highest BCUT2D eigenvalue weighted by Gasteiger charge is 2.10. The van der Waals surface area contributed by atoms with E-state index in [0.717, 1.165) is 4.90 Å². The Kier molecular flexibility index (Phi) is 3.77. The summed E-state index contributed by atoms with van der Waals surface area (Å²) in [5.74, 6) is -0.951. The molecule has 4 heteroatoms. The topological polar surface area (TPSA) is 17.1 Å². The predicted octanol–water partition coefficient (Wildman–Crippen LogP) is 4.32. The van der Waals surface area contributed by atoms with Gasteiger partial charge in [-0.25, -0.2) is 8.78 Å². The molecule has 0 unspecified atom stereocenters. The van der Waals surface area contributed by atoms with Gasteiger partial charge in [-0.2, -0.15) is 0 Å². The number of hydrogen-bond donors (Lipinski definition) is 0. The Morgan fingerprint density at radius 2 is 1.61 bits per heavy atom. The first-order chi connectivity index (χ1) is 8.56. The van der Waals surface area contributed by atoms with Crippen molar-refractivity contribution in [1.82, 2.24) is 0 Å². The summed E-state index contributed by atoms with van der Waals surface area (Å²) in [5, 5.41) is 0. The van der Waals surface area contributed by atoms with Crippen molar-refractivity contribution in [2.24, 2.45) is 0 Å². The highest BCUT2D eigenvalue weighted by molar-refractivity contribution is 7.99. The molecular formula is C14H10F2OS. The third-order valence-electron chi connectivity index (χ3n) is 2.36. The van der Waals surface area contributed by atoms with Gasteiger partial charge in [0.1, 0.15) is 11.6 Å². The van der Waals surface area contributed by atoms with Crippen molar-refractivity contribution in [3.63, 3.8) is 0 Å². The third kappa shape index (κ3) is 2.96. The summed E-state index contributed by atoms with van der Waals surface area (Å²) in [6, 6.07) is 10.0. The first kappa shape index (κ1) is 12.8. The average molecular weight is 264 g/mol. The summed E-state index contributed by atoms with van der Waals surface area (Å²) < 4.78 is 25.9. The molecule has 0 saturated carbocycles. The van der Waals surface area contributed by atoms with Crippen LogP contribution in [0.2, 0.25) is 0 Å². The van der Waals surface area contributed by atoms with Crippen molar-refractivity contribution in [3.8, 4) is 0 Å². The largest absolute Gasteiger partial charge is 0.294 e. The molecule has 0 heterocycles. The van der Waals surface area contributed by atoms with E-state index < -0.39 is 5.82 Å². The fourth-order valence-electron chi connectivity index (χ4n) is 1.50. The van der Waals surface area contributed by atoms with Crippen molar-refractivity contribution in [1.29, 1.82) is 0 Å². The van der Waals surface area contributed by atoms with Crippen LogP contribution >= 0.6 is 11.8 Å². The van der Waals surface area contributed by atoms with Gasteiger partial charge in [0.25, 0.3) is 0 Å². The number of Topliss-reactive ketones (excluding diaryl/α,β-unsaturated/α-hetero) is 1. The Morgan fingerprint density at radius 3 is 2.22 bits per heavy atom. The Morgan fingerprint density at radius 1 is 1.00 bits per heavy atom. The Balaban J connectivity index is 2.34. The van der Waals surface area contributed by atoms with Gasteiger partial charge < -0.3 is 0 Å². The van der Waals surface area contributed by atoms with Crippen LogP contribution in [0.15, 0.2) is 52.3 Å². The number of halogens is 2. The third-order valence-corrected chi connectivity index (χ3v) is 3.45. The smallest absolute Gasteiger partial charge is 0.161 e. The zero-order valence-electron chi connectivity index (χ0n) is 9.61. The van der Waals surface area contributed by atoms with Gasteiger partial charge in [0.15, 0.2) is 5.78 Å². The zero-order chi connectivity index (χ0) is 13.1. The van der Waals surface area contributed by atoms with Crippen molar-refractivity contribution in [2.45, 2.75) is 16.7 Å². The van der Waals surface area contributed by atoms with Gasteiger partial charge in [-0.3, -0.25) is 4.79 Å². The Hall–Kier alpha value is -1.68. The minimum absolute atomic E-state index is 0.195. The quantitative estimate of drug-likeness (QED) is 0.768. The SMILES string of the molecule is CC(=O)c1cc(F)ccc1Sc1ccc(F)cc1. The normalized spacial score (nSPS) is 10.4. The molecule has 0 amide bonds. The standard InChI is InChI=1S/C14H10F2OS/c1-9(17)13-8-11(16)4-7-14(13)18-12-5-2-10(15)3-6-12/h2-8H,1H3. The van der Waals surface area contributed by atoms with Gasteiger partial charge >= 0.3 is 0 Å². The monoisotopic (exact) mass is 264 g/mol. The summed E-state index contributed by atoms with van der Waals surface area (Å²) in [6.07, 6.45) is 0. The maximum atomic E-state index is 13.1. The maximum Gasteiger partial charge on any atom is 0.161 e. The molecule has 0 N–H and O–H groups in total. The summed E-state index contributed by atoms with van der Waals surface area (Å²) >= 11 is 1.31. The molecule has 2 aromatic rings. The molecule has 0 radical (unpaired) electrons. The van der Waals surface area contributed by atoms with E-state index in [1.807, 2.05) is 0 Å². The fraction of sp³-hybridized carbons (Fsp3) is 0.0714. The lowest BCUT2D eigenvalue weighted by Crippen LogP contribution is -1.96. The van der Waals surface area contributed by atoms with Gasteiger partial charge in [-0.1, -0.05) is 11.8 Å². The van der Waals surface area contributed by atoms with E-state index in [4.69, 9.17) is 0 Å². The van der Waals surface area contributed by atoms with E-state index in [0.29, 0.717) is 10.5 Å². The number of carbonyl (C=O) groups excluding carboxylic acids is 1. The maximum absolute atomic E-state index is 13.1. The molecule has 1 nitrogen and oxygen atoms in total. The summed E-state index contributed by atoms with van der Waals surface area (Å²) in [5.41, 5.74) is 0.337. The summed E-state index contributed by atoms with van der Waals surface area (Å²) in [4.78, 5) is 12.9. The van der Waals surface area contributed by atoms with Crippen LogP contribution in [0.4, 0.5) is 8.78 Å². The molecule has 0 aliphatic carbocycles. The lowest BCUT2D eigenvalue weighted by molar-refractivity contribution is 0.101. The van der Waals surface area contributed by atoms with Crippen LogP contribution in [0.5, 0.6) is 0 Å². The molecule has 0 aliphatic rings. The van der Waals surface area contributed by atoms with E-state index in [2.05, 4.69) is 0 Å². The van der Waals surface area contributed by atoms with Crippen LogP contribution in [-0.4, -0.2) is 5.78 Å². The first-order valence-corrected chi connectivity index (χ1v) is 6.12. The van der Waals surface area contributed by atoms with Crippen molar-refractivity contribution >= 4 is 17.5 Å². The lowest BCUT2D eigenvalue weighted by atomic mass is 10.1. The predicted molar refractivity (Wildman–Crippen MR) is 66.9 cm³/mol. The van der Waals surface area contributed by atoms with Gasteiger partial charge in [-0.15, -0.1) is 0 Å². The van der Waals surface area contributed by atoms with Crippen molar-refractivity contribution in [3.05, 3.63) is 59.7 Å². The minimum atomic E-state index is -0.441. The highest BCUT2D eigenvalue weighted by Crippen LogP contribution is 2.31. The van der Waals surface area contributed by atoms with E-state index in [1.165, 1.54) is 43.0 Å². The van der Waals surface area contributed by atoms with Gasteiger partial charge in [0.05, 0.1) is 0 Å². The number of rotatable bonds is 3. The van der Waals surface area contributed by atoms with Crippen LogP contribution in [0.25, 0.3) is 0 Å². The molecule has 0 aliphatic heterocycles. The highest BCUT2D eigenvalue weighted by atomic mass is 32.2. The van der Waals surface area contributed by atoms with E-state index in [1.54, 1.807) is 18.2 Å². The van der Waals surface area contributed by atoms with Gasteiger partial charge in [0, 0.05) is 15.4 Å². The molecule has 0 spiro atoms. The zero-order valence-corrected chi connectivity index (χ0v) is 10.4. The second-order valence-corrected chi connectivity index (χ2v) is 4.87. The molecule has 0 saturated heterocycles. The van der Waals surface area contributed by atoms with E-state index in [-0.39, 0.29) is 11.6 Å². The molecule has 0 aromatic heterocycles. The fourth-order valence-corrected chi connectivity index (χ4v) is 2.47. The van der Waals surface area contributed by atoms with Crippen molar-refractivity contribution < 1.29 is 13.6 Å². The first-order valence-electron chi connectivity index (χ1n) is 5.30. The van der Waals surface area contributed by atoms with Crippen molar-refractivity contribution in [2.75, 3.05) is 0 Å². The summed E-state index contributed by atoms with van der Waals surface area (Å²) in [7, 11) is 0.